The number of methoxy groups -OCH3 is 1. The molecule has 0 bridgehead atoms. The third-order valence-corrected chi connectivity index (χ3v) is 8.32. The first-order valence-corrected chi connectivity index (χ1v) is 11.7. The molecule has 28 heavy (non-hydrogen) atoms. The van der Waals surface area contributed by atoms with Crippen LogP contribution in [0.1, 0.15) is 44.1 Å². The first-order valence-electron chi connectivity index (χ1n) is 9.91. The maximum atomic E-state index is 13.1. The zero-order chi connectivity index (χ0) is 20.3. The van der Waals surface area contributed by atoms with E-state index in [9.17, 15) is 13.2 Å². The van der Waals surface area contributed by atoms with E-state index in [0.29, 0.717) is 23.7 Å². The average Bonchev–Trinajstić information content (AvgIpc) is 2.70. The molecule has 6 nitrogen and oxygen atoms in total. The number of benzene rings is 1. The molecule has 3 rings (SSSR count). The van der Waals surface area contributed by atoms with Gasteiger partial charge in [0.15, 0.2) is 0 Å². The Hall–Kier alpha value is -1.15. The number of rotatable bonds is 5. The highest BCUT2D eigenvalue weighted by atomic mass is 35.5. The van der Waals surface area contributed by atoms with Gasteiger partial charge in [-0.3, -0.25) is 4.79 Å². The molecule has 1 aromatic rings. The summed E-state index contributed by atoms with van der Waals surface area (Å²) >= 11 is 6.12. The Kier molecular flexibility index (Phi) is 7.02. The van der Waals surface area contributed by atoms with Crippen molar-refractivity contribution in [1.29, 1.82) is 0 Å². The van der Waals surface area contributed by atoms with E-state index < -0.39 is 10.0 Å². The van der Waals surface area contributed by atoms with E-state index in [2.05, 4.69) is 5.32 Å². The molecule has 0 radical (unpaired) electrons. The number of carbonyl (C=O) groups excluding carboxylic acids is 1. The predicted octanol–water partition coefficient (Wildman–Crippen LogP) is 3.12. The zero-order valence-corrected chi connectivity index (χ0v) is 18.1. The van der Waals surface area contributed by atoms with Crippen molar-refractivity contribution in [2.24, 2.45) is 5.92 Å². The lowest BCUT2D eigenvalue weighted by molar-refractivity contribution is -0.128. The summed E-state index contributed by atoms with van der Waals surface area (Å²) in [6, 6.07) is 4.76. The van der Waals surface area contributed by atoms with Crippen LogP contribution in [0.3, 0.4) is 0 Å². The van der Waals surface area contributed by atoms with Crippen molar-refractivity contribution in [3.63, 3.8) is 0 Å². The number of piperidine rings is 1. The van der Waals surface area contributed by atoms with E-state index in [-0.39, 0.29) is 28.9 Å². The molecule has 1 saturated heterocycles. The first kappa shape index (κ1) is 21.6. The molecule has 0 spiro atoms. The molecule has 1 saturated carbocycles. The summed E-state index contributed by atoms with van der Waals surface area (Å²) < 4.78 is 33.1. The van der Waals surface area contributed by atoms with Crippen LogP contribution >= 0.6 is 11.6 Å². The van der Waals surface area contributed by atoms with Crippen molar-refractivity contribution in [2.75, 3.05) is 20.2 Å². The van der Waals surface area contributed by atoms with E-state index in [1.54, 1.807) is 32.2 Å². The summed E-state index contributed by atoms with van der Waals surface area (Å²) in [5.41, 5.74) is 0.558. The van der Waals surface area contributed by atoms with Crippen molar-refractivity contribution in [2.45, 2.75) is 62.5 Å². The molecule has 1 aliphatic carbocycles. The fourth-order valence-electron chi connectivity index (χ4n) is 4.20. The Balaban J connectivity index is 1.67. The summed E-state index contributed by atoms with van der Waals surface area (Å²) in [4.78, 5) is 12.9. The second kappa shape index (κ2) is 9.11. The standard InChI is InChI=1S/C20H29ClN2O4S/c1-14-18(21)9-4-10-19(14)28(25,26)23-11-5-7-16(13-23)22-20(24)15-6-3-8-17(12-15)27-2/h4,9-10,15-17H,3,5-8,11-13H2,1-2H3,(H,22,24)/t15?,16?,17-/m0/s1. The van der Waals surface area contributed by atoms with Gasteiger partial charge in [0.1, 0.15) is 0 Å². The number of halogens is 1. The van der Waals surface area contributed by atoms with Crippen LogP contribution in [-0.4, -0.2) is 51.0 Å². The van der Waals surface area contributed by atoms with Gasteiger partial charge in [-0.05, 0) is 56.7 Å². The molecule has 1 heterocycles. The molecular formula is C20H29ClN2O4S. The second-order valence-corrected chi connectivity index (χ2v) is 10.1. The van der Waals surface area contributed by atoms with Crippen LogP contribution in [-0.2, 0) is 19.6 Å². The molecule has 2 unspecified atom stereocenters. The van der Waals surface area contributed by atoms with Crippen molar-refractivity contribution in [3.05, 3.63) is 28.8 Å². The highest BCUT2D eigenvalue weighted by Gasteiger charge is 2.34. The summed E-state index contributed by atoms with van der Waals surface area (Å²) in [6.45, 7) is 2.46. The van der Waals surface area contributed by atoms with E-state index >= 15 is 0 Å². The average molecular weight is 429 g/mol. The van der Waals surface area contributed by atoms with Gasteiger partial charge < -0.3 is 10.1 Å². The van der Waals surface area contributed by atoms with E-state index in [0.717, 1.165) is 38.5 Å². The molecule has 1 aromatic carbocycles. The highest BCUT2D eigenvalue weighted by Crippen LogP contribution is 2.29. The fourth-order valence-corrected chi connectivity index (χ4v) is 6.20. The fraction of sp³-hybridized carbons (Fsp3) is 0.650. The topological polar surface area (TPSA) is 75.7 Å². The Morgan fingerprint density at radius 2 is 2.04 bits per heavy atom. The van der Waals surface area contributed by atoms with Crippen molar-refractivity contribution < 1.29 is 17.9 Å². The monoisotopic (exact) mass is 428 g/mol. The SMILES string of the molecule is CO[C@H]1CCCC(C(=O)NC2CCCN(S(=O)(=O)c3cccc(Cl)c3C)C2)C1. The van der Waals surface area contributed by atoms with Crippen LogP contribution in [0.2, 0.25) is 5.02 Å². The molecule has 1 amide bonds. The van der Waals surface area contributed by atoms with Crippen molar-refractivity contribution in [1.82, 2.24) is 9.62 Å². The number of nitrogens with zero attached hydrogens (tertiary/aromatic N) is 1. The summed E-state index contributed by atoms with van der Waals surface area (Å²) in [7, 11) is -1.96. The predicted molar refractivity (Wildman–Crippen MR) is 109 cm³/mol. The summed E-state index contributed by atoms with van der Waals surface area (Å²) in [5, 5.41) is 3.52. The Morgan fingerprint density at radius 1 is 1.25 bits per heavy atom. The second-order valence-electron chi connectivity index (χ2n) is 7.80. The maximum Gasteiger partial charge on any atom is 0.243 e. The third-order valence-electron chi connectivity index (χ3n) is 5.90. The summed E-state index contributed by atoms with van der Waals surface area (Å²) in [5.74, 6) is -0.0363. The highest BCUT2D eigenvalue weighted by molar-refractivity contribution is 7.89. The van der Waals surface area contributed by atoms with Crippen LogP contribution in [0.5, 0.6) is 0 Å². The lowest BCUT2D eigenvalue weighted by Crippen LogP contribution is -2.51. The quantitative estimate of drug-likeness (QED) is 0.781. The van der Waals surface area contributed by atoms with Crippen molar-refractivity contribution >= 4 is 27.5 Å². The Morgan fingerprint density at radius 3 is 2.79 bits per heavy atom. The number of hydrogen-bond acceptors (Lipinski definition) is 4. The van der Waals surface area contributed by atoms with Crippen LogP contribution < -0.4 is 5.32 Å². The van der Waals surface area contributed by atoms with Gasteiger partial charge in [0.2, 0.25) is 15.9 Å². The lowest BCUT2D eigenvalue weighted by atomic mass is 9.86. The zero-order valence-electron chi connectivity index (χ0n) is 16.5. The minimum Gasteiger partial charge on any atom is -0.381 e. The number of amides is 1. The molecule has 1 aliphatic heterocycles. The third kappa shape index (κ3) is 4.70. The van der Waals surface area contributed by atoms with E-state index in [1.165, 1.54) is 4.31 Å². The minimum absolute atomic E-state index is 0.0185. The van der Waals surface area contributed by atoms with Crippen LogP contribution in [0.4, 0.5) is 0 Å². The molecular weight excluding hydrogens is 400 g/mol. The Labute approximate surface area is 172 Å². The molecule has 0 aromatic heterocycles. The molecule has 3 atom stereocenters. The first-order chi connectivity index (χ1) is 13.3. The molecule has 2 fully saturated rings. The van der Waals surface area contributed by atoms with Gasteiger partial charge in [0, 0.05) is 37.2 Å². The van der Waals surface area contributed by atoms with Crippen LogP contribution in [0, 0.1) is 12.8 Å². The smallest absolute Gasteiger partial charge is 0.243 e. The minimum atomic E-state index is -3.64. The lowest BCUT2D eigenvalue weighted by Gasteiger charge is -2.34. The Bertz CT molecular complexity index is 814. The normalized spacial score (nSPS) is 26.8. The van der Waals surface area contributed by atoms with Gasteiger partial charge in [0.25, 0.3) is 0 Å². The number of nitrogens with one attached hydrogen (secondary N) is 1. The van der Waals surface area contributed by atoms with Gasteiger partial charge in [0.05, 0.1) is 11.0 Å². The maximum absolute atomic E-state index is 13.1. The molecule has 1 N–H and O–H groups in total. The van der Waals surface area contributed by atoms with E-state index in [4.69, 9.17) is 16.3 Å². The largest absolute Gasteiger partial charge is 0.381 e. The molecule has 8 heteroatoms. The van der Waals surface area contributed by atoms with Crippen LogP contribution in [0.15, 0.2) is 23.1 Å². The van der Waals surface area contributed by atoms with Gasteiger partial charge in [-0.2, -0.15) is 4.31 Å². The van der Waals surface area contributed by atoms with Gasteiger partial charge in [-0.25, -0.2) is 8.42 Å². The number of carbonyl (C=O) groups is 1. The number of sulfonamides is 1. The van der Waals surface area contributed by atoms with Crippen molar-refractivity contribution in [3.8, 4) is 0 Å². The molecule has 2 aliphatic rings. The van der Waals surface area contributed by atoms with Gasteiger partial charge >= 0.3 is 0 Å². The van der Waals surface area contributed by atoms with E-state index in [1.807, 2.05) is 0 Å². The number of hydrogen-bond donors (Lipinski definition) is 1. The summed E-state index contributed by atoms with van der Waals surface area (Å²) in [6.07, 6.45) is 5.21. The molecule has 156 valence electrons. The van der Waals surface area contributed by atoms with Gasteiger partial charge in [-0.1, -0.05) is 24.1 Å². The van der Waals surface area contributed by atoms with Crippen LogP contribution in [0.25, 0.3) is 0 Å². The van der Waals surface area contributed by atoms with Gasteiger partial charge in [-0.15, -0.1) is 0 Å². The number of ether oxygens (including phenoxy) is 1.